The molecule has 0 radical (unpaired) electrons. The number of rotatable bonds is 11. The van der Waals surface area contributed by atoms with Gasteiger partial charge >= 0.3 is 0 Å². The zero-order chi connectivity index (χ0) is 30.0. The summed E-state index contributed by atoms with van der Waals surface area (Å²) in [5, 5.41) is 23.7. The fourth-order valence-electron chi connectivity index (χ4n) is 5.38. The Morgan fingerprint density at radius 2 is 2.00 bits per heavy atom. The predicted molar refractivity (Wildman–Crippen MR) is 167 cm³/mol. The molecule has 42 heavy (non-hydrogen) atoms. The Hall–Kier alpha value is -3.48. The lowest BCUT2D eigenvalue weighted by atomic mass is 10.1. The number of halogens is 1. The van der Waals surface area contributed by atoms with Crippen molar-refractivity contribution in [1.82, 2.24) is 39.2 Å². The Morgan fingerprint density at radius 3 is 2.71 bits per heavy atom. The van der Waals surface area contributed by atoms with Gasteiger partial charge in [-0.05, 0) is 74.9 Å². The molecule has 1 aliphatic rings. The molecule has 0 spiro atoms. The third-order valence-corrected chi connectivity index (χ3v) is 8.50. The first-order valence-corrected chi connectivity index (χ1v) is 15.0. The molecular formula is C29H36IN9O3. The van der Waals surface area contributed by atoms with Crippen LogP contribution in [0.4, 0.5) is 0 Å². The first-order chi connectivity index (χ1) is 20.2. The lowest BCUT2D eigenvalue weighted by Crippen LogP contribution is -2.25. The third-order valence-electron chi connectivity index (χ3n) is 7.41. The summed E-state index contributed by atoms with van der Waals surface area (Å²) in [6.07, 6.45) is 4.81. The van der Waals surface area contributed by atoms with Crippen LogP contribution in [0, 0.1) is 28.7 Å². The summed E-state index contributed by atoms with van der Waals surface area (Å²) in [5.74, 6) is 1.14. The van der Waals surface area contributed by atoms with E-state index in [1.807, 2.05) is 45.7 Å². The quantitative estimate of drug-likeness (QED) is 0.210. The molecule has 4 aromatic heterocycles. The summed E-state index contributed by atoms with van der Waals surface area (Å²) in [7, 11) is 5.79. The average Bonchev–Trinajstić information content (AvgIpc) is 3.58. The van der Waals surface area contributed by atoms with Crippen molar-refractivity contribution >= 4 is 39.6 Å². The van der Waals surface area contributed by atoms with Crippen LogP contribution in [0.3, 0.4) is 0 Å². The molecule has 1 atom stereocenters. The van der Waals surface area contributed by atoms with Gasteiger partial charge in [0.05, 0.1) is 43.1 Å². The van der Waals surface area contributed by atoms with Crippen molar-refractivity contribution in [2.45, 2.75) is 45.9 Å². The van der Waals surface area contributed by atoms with Gasteiger partial charge in [-0.25, -0.2) is 9.36 Å². The van der Waals surface area contributed by atoms with E-state index in [9.17, 15) is 0 Å². The van der Waals surface area contributed by atoms with Gasteiger partial charge in [0.1, 0.15) is 12.7 Å². The number of nitrogens with zero attached hydrogens (tertiary/aromatic N) is 9. The van der Waals surface area contributed by atoms with Crippen LogP contribution in [0.5, 0.6) is 11.8 Å². The minimum absolute atomic E-state index is 0.0317. The number of ether oxygens (including phenoxy) is 3. The molecule has 0 aliphatic carbocycles. The molecule has 13 heteroatoms. The van der Waals surface area contributed by atoms with Gasteiger partial charge in [-0.2, -0.15) is 15.5 Å². The highest BCUT2D eigenvalue weighted by atomic mass is 127. The van der Waals surface area contributed by atoms with Crippen LogP contribution in [0.25, 0.3) is 28.2 Å². The van der Waals surface area contributed by atoms with Gasteiger partial charge in [0.25, 0.3) is 0 Å². The maximum absolute atomic E-state index is 8.82. The summed E-state index contributed by atoms with van der Waals surface area (Å²) >= 11 is 2.21. The highest BCUT2D eigenvalue weighted by Crippen LogP contribution is 2.36. The number of fused-ring (bicyclic) bond motifs is 1. The Balaban J connectivity index is 1.36. The van der Waals surface area contributed by atoms with E-state index in [4.69, 9.17) is 29.6 Å². The normalized spacial score (nSPS) is 15.3. The molecule has 0 saturated carbocycles. The van der Waals surface area contributed by atoms with Crippen LogP contribution in [0.2, 0.25) is 0 Å². The summed E-state index contributed by atoms with van der Waals surface area (Å²) < 4.78 is 24.3. The molecule has 1 fully saturated rings. The van der Waals surface area contributed by atoms with Gasteiger partial charge in [0, 0.05) is 39.2 Å². The van der Waals surface area contributed by atoms with Crippen LogP contribution < -0.4 is 9.47 Å². The average molecular weight is 686 g/mol. The zero-order valence-corrected chi connectivity index (χ0v) is 26.9. The molecule has 0 N–H and O–H groups in total. The van der Waals surface area contributed by atoms with Crippen LogP contribution in [0.15, 0.2) is 12.6 Å². The SMILES string of the molecule is C=Cc1nn(C2CCCCO2)c2c(C)nc(-c3c(C)nn(C)c3OCCN(C)Cc3c(I)c(OCC#N)nn3C)cc12. The molecule has 4 aromatic rings. The largest absolute Gasteiger partial charge is 0.476 e. The third kappa shape index (κ3) is 5.88. The number of aromatic nitrogens is 7. The van der Waals surface area contributed by atoms with Gasteiger partial charge in [0.15, 0.2) is 12.8 Å². The van der Waals surface area contributed by atoms with E-state index in [0.29, 0.717) is 31.5 Å². The maximum Gasteiger partial charge on any atom is 0.247 e. The van der Waals surface area contributed by atoms with Gasteiger partial charge in [-0.3, -0.25) is 14.6 Å². The monoisotopic (exact) mass is 685 g/mol. The standard InChI is InChI=1S/C29H36IN9O3/c1-7-21-20-16-22(32-19(3)27(20)39(34-21)24-10-8-9-13-40-24)25-18(2)33-38(6)29(25)42-15-12-36(4)17-23-26(30)28(35-37(23)5)41-14-11-31/h7,16,24H,1,8-10,12-15,17H2,2-6H3. The van der Waals surface area contributed by atoms with Gasteiger partial charge in [-0.15, -0.1) is 5.10 Å². The lowest BCUT2D eigenvalue weighted by Gasteiger charge is -2.23. The maximum atomic E-state index is 8.82. The van der Waals surface area contributed by atoms with Crippen LogP contribution >= 0.6 is 22.6 Å². The van der Waals surface area contributed by atoms with Crippen molar-refractivity contribution in [1.29, 1.82) is 5.26 Å². The second-order valence-electron chi connectivity index (χ2n) is 10.5. The van der Waals surface area contributed by atoms with E-state index < -0.39 is 0 Å². The molecule has 0 amide bonds. The molecule has 1 aliphatic heterocycles. The Morgan fingerprint density at radius 1 is 1.19 bits per heavy atom. The number of aryl methyl sites for hydroxylation is 4. The topological polar surface area (TPSA) is 121 Å². The van der Waals surface area contributed by atoms with E-state index in [2.05, 4.69) is 50.3 Å². The van der Waals surface area contributed by atoms with Gasteiger partial charge in [-0.1, -0.05) is 6.58 Å². The van der Waals surface area contributed by atoms with Crippen LogP contribution in [-0.4, -0.2) is 72.6 Å². The molecule has 1 unspecified atom stereocenters. The van der Waals surface area contributed by atoms with E-state index in [0.717, 1.165) is 74.4 Å². The molecule has 1 saturated heterocycles. The number of pyridine rings is 1. The number of hydrogen-bond donors (Lipinski definition) is 0. The van der Waals surface area contributed by atoms with Crippen molar-refractivity contribution in [2.24, 2.45) is 14.1 Å². The smallest absolute Gasteiger partial charge is 0.247 e. The Labute approximate surface area is 259 Å². The Bertz CT molecular complexity index is 1640. The summed E-state index contributed by atoms with van der Waals surface area (Å²) in [6, 6.07) is 4.04. The van der Waals surface area contributed by atoms with Gasteiger partial charge in [0.2, 0.25) is 11.8 Å². The van der Waals surface area contributed by atoms with Crippen LogP contribution in [0.1, 0.15) is 48.3 Å². The predicted octanol–water partition coefficient (Wildman–Crippen LogP) is 4.54. The highest BCUT2D eigenvalue weighted by Gasteiger charge is 2.25. The second-order valence-corrected chi connectivity index (χ2v) is 11.5. The Kier molecular flexibility index (Phi) is 9.14. The van der Waals surface area contributed by atoms with Crippen molar-refractivity contribution in [3.63, 3.8) is 0 Å². The molecule has 5 heterocycles. The van der Waals surface area contributed by atoms with Crippen molar-refractivity contribution < 1.29 is 14.2 Å². The van der Waals surface area contributed by atoms with E-state index in [1.54, 1.807) is 15.4 Å². The molecule has 12 nitrogen and oxygen atoms in total. The molecule has 0 aromatic carbocycles. The minimum Gasteiger partial charge on any atom is -0.476 e. The fourth-order valence-corrected chi connectivity index (χ4v) is 6.16. The minimum atomic E-state index is -0.0939. The van der Waals surface area contributed by atoms with Crippen molar-refractivity contribution in [2.75, 3.05) is 33.4 Å². The fraction of sp³-hybridized carbons (Fsp3) is 0.483. The van der Waals surface area contributed by atoms with Crippen LogP contribution in [-0.2, 0) is 25.4 Å². The first kappa shape index (κ1) is 30.0. The molecule has 5 rings (SSSR count). The molecular weight excluding hydrogens is 649 g/mol. The number of hydrogen-bond acceptors (Lipinski definition) is 9. The summed E-state index contributed by atoms with van der Waals surface area (Å²) in [5.41, 5.74) is 6.14. The van der Waals surface area contributed by atoms with Gasteiger partial charge < -0.3 is 14.2 Å². The molecule has 222 valence electrons. The van der Waals surface area contributed by atoms with E-state index in [-0.39, 0.29) is 12.8 Å². The van der Waals surface area contributed by atoms with Crippen molar-refractivity contribution in [3.05, 3.63) is 39.0 Å². The first-order valence-electron chi connectivity index (χ1n) is 13.9. The van der Waals surface area contributed by atoms with Crippen molar-refractivity contribution in [3.8, 4) is 29.1 Å². The number of likely N-dealkylation sites (N-methyl/N-ethyl adjacent to an activating group) is 1. The summed E-state index contributed by atoms with van der Waals surface area (Å²) in [6.45, 7) is 10.5. The number of nitriles is 1. The highest BCUT2D eigenvalue weighted by molar-refractivity contribution is 14.1. The van der Waals surface area contributed by atoms with E-state index >= 15 is 0 Å². The zero-order valence-electron chi connectivity index (χ0n) is 24.7. The second kappa shape index (κ2) is 12.8. The lowest BCUT2D eigenvalue weighted by molar-refractivity contribution is -0.0368. The summed E-state index contributed by atoms with van der Waals surface area (Å²) in [4.78, 5) is 7.17. The van der Waals surface area contributed by atoms with E-state index in [1.165, 1.54) is 0 Å². The molecule has 0 bridgehead atoms.